The zero-order valence-electron chi connectivity index (χ0n) is 13.2. The second-order valence-corrected chi connectivity index (χ2v) is 6.60. The van der Waals surface area contributed by atoms with E-state index in [4.69, 9.17) is 11.1 Å². The Morgan fingerprint density at radius 2 is 2.00 bits per heavy atom. The van der Waals surface area contributed by atoms with Gasteiger partial charge in [-0.25, -0.2) is 0 Å². The van der Waals surface area contributed by atoms with E-state index in [0.717, 1.165) is 18.9 Å². The topological polar surface area (TPSA) is 56.4 Å². The third-order valence-electron chi connectivity index (χ3n) is 4.59. The fraction of sp³-hybridized carbons (Fsp3) is 0.933. The van der Waals surface area contributed by atoms with Gasteiger partial charge < -0.3 is 15.5 Å². The van der Waals surface area contributed by atoms with Crippen LogP contribution in [0.1, 0.15) is 46.5 Å². The molecule has 1 saturated heterocycles. The minimum absolute atomic E-state index is 0.131. The average molecular weight is 268 g/mol. The Hall–Kier alpha value is -0.610. The number of piperazine rings is 1. The van der Waals surface area contributed by atoms with E-state index in [0.29, 0.717) is 5.84 Å². The van der Waals surface area contributed by atoms with Crippen molar-refractivity contribution in [3.8, 4) is 0 Å². The Morgan fingerprint density at radius 3 is 2.58 bits per heavy atom. The van der Waals surface area contributed by atoms with Crippen LogP contribution in [-0.4, -0.2) is 54.9 Å². The molecule has 19 heavy (non-hydrogen) atoms. The second-order valence-electron chi connectivity index (χ2n) is 6.60. The monoisotopic (exact) mass is 268 g/mol. The minimum atomic E-state index is -0.131. The van der Waals surface area contributed by atoms with Crippen LogP contribution in [0.3, 0.4) is 0 Å². The standard InChI is InChI=1S/C15H32N4/c1-5-13-12-19(11-10-18(13)4)9-7-6-8-15(2,3)14(16)17/h13H,5-12H2,1-4H3,(H3,16,17). The summed E-state index contributed by atoms with van der Waals surface area (Å²) in [5, 5.41) is 7.56. The normalized spacial score (nSPS) is 22.6. The number of amidine groups is 1. The maximum atomic E-state index is 7.56. The average Bonchev–Trinajstić information content (AvgIpc) is 2.36. The van der Waals surface area contributed by atoms with E-state index in [1.54, 1.807) is 0 Å². The number of hydrogen-bond acceptors (Lipinski definition) is 3. The lowest BCUT2D eigenvalue weighted by molar-refractivity contribution is 0.0916. The Morgan fingerprint density at radius 1 is 1.32 bits per heavy atom. The SMILES string of the molecule is CCC1CN(CCCCC(C)(C)C(=N)N)CCN1C. The molecule has 1 fully saturated rings. The molecule has 0 spiro atoms. The zero-order chi connectivity index (χ0) is 14.5. The Balaban J connectivity index is 2.21. The summed E-state index contributed by atoms with van der Waals surface area (Å²) in [6.45, 7) is 11.2. The summed E-state index contributed by atoms with van der Waals surface area (Å²) < 4.78 is 0. The number of nitrogens with zero attached hydrogens (tertiary/aromatic N) is 2. The lowest BCUT2D eigenvalue weighted by atomic mass is 9.86. The van der Waals surface area contributed by atoms with E-state index in [1.807, 2.05) is 0 Å². The van der Waals surface area contributed by atoms with Gasteiger partial charge >= 0.3 is 0 Å². The quantitative estimate of drug-likeness (QED) is 0.422. The molecule has 0 radical (unpaired) electrons. The molecule has 112 valence electrons. The number of nitrogens with two attached hydrogens (primary N) is 1. The minimum Gasteiger partial charge on any atom is -0.387 e. The summed E-state index contributed by atoms with van der Waals surface area (Å²) in [5.74, 6) is 0.318. The molecule has 1 rings (SSSR count). The summed E-state index contributed by atoms with van der Waals surface area (Å²) in [6, 6.07) is 0.724. The predicted molar refractivity (Wildman–Crippen MR) is 82.7 cm³/mol. The number of likely N-dealkylation sites (N-methyl/N-ethyl adjacent to an activating group) is 1. The van der Waals surface area contributed by atoms with E-state index in [1.165, 1.54) is 39.0 Å². The number of nitrogens with one attached hydrogen (secondary N) is 1. The van der Waals surface area contributed by atoms with E-state index in [9.17, 15) is 0 Å². The summed E-state index contributed by atoms with van der Waals surface area (Å²) in [4.78, 5) is 5.07. The molecular weight excluding hydrogens is 236 g/mol. The van der Waals surface area contributed by atoms with Crippen molar-refractivity contribution in [2.24, 2.45) is 11.1 Å². The molecule has 4 heteroatoms. The van der Waals surface area contributed by atoms with Gasteiger partial charge in [0.05, 0.1) is 5.84 Å². The highest BCUT2D eigenvalue weighted by Gasteiger charge is 2.23. The molecule has 1 unspecified atom stereocenters. The van der Waals surface area contributed by atoms with Gasteiger partial charge in [0.25, 0.3) is 0 Å². The molecule has 0 amide bonds. The molecule has 0 aromatic heterocycles. The van der Waals surface area contributed by atoms with Crippen LogP contribution in [0, 0.1) is 10.8 Å². The summed E-state index contributed by atoms with van der Waals surface area (Å²) in [6.07, 6.45) is 4.64. The van der Waals surface area contributed by atoms with Crippen LogP contribution in [0.25, 0.3) is 0 Å². The van der Waals surface area contributed by atoms with Crippen LogP contribution in [0.4, 0.5) is 0 Å². The largest absolute Gasteiger partial charge is 0.387 e. The first-order valence-electron chi connectivity index (χ1n) is 7.64. The van der Waals surface area contributed by atoms with Gasteiger partial charge in [0.2, 0.25) is 0 Å². The van der Waals surface area contributed by atoms with Gasteiger partial charge in [-0.05, 0) is 32.9 Å². The van der Waals surface area contributed by atoms with Crippen molar-refractivity contribution in [2.45, 2.75) is 52.5 Å². The van der Waals surface area contributed by atoms with Crippen molar-refractivity contribution in [3.63, 3.8) is 0 Å². The van der Waals surface area contributed by atoms with Crippen LogP contribution in [-0.2, 0) is 0 Å². The highest BCUT2D eigenvalue weighted by atomic mass is 15.3. The van der Waals surface area contributed by atoms with Crippen molar-refractivity contribution in [1.82, 2.24) is 9.80 Å². The van der Waals surface area contributed by atoms with Crippen molar-refractivity contribution in [1.29, 1.82) is 5.41 Å². The zero-order valence-corrected chi connectivity index (χ0v) is 13.2. The summed E-state index contributed by atoms with van der Waals surface area (Å²) >= 11 is 0. The maximum absolute atomic E-state index is 7.56. The van der Waals surface area contributed by atoms with E-state index in [-0.39, 0.29) is 5.41 Å². The first-order chi connectivity index (χ1) is 8.86. The van der Waals surface area contributed by atoms with Crippen molar-refractivity contribution in [3.05, 3.63) is 0 Å². The molecule has 3 N–H and O–H groups in total. The van der Waals surface area contributed by atoms with Gasteiger partial charge in [-0.2, -0.15) is 0 Å². The number of hydrogen-bond donors (Lipinski definition) is 2. The van der Waals surface area contributed by atoms with Crippen LogP contribution in [0.5, 0.6) is 0 Å². The molecule has 1 heterocycles. The molecule has 0 aromatic carbocycles. The molecule has 4 nitrogen and oxygen atoms in total. The summed E-state index contributed by atoms with van der Waals surface area (Å²) in [5.41, 5.74) is 5.48. The van der Waals surface area contributed by atoms with Gasteiger partial charge in [-0.15, -0.1) is 0 Å². The fourth-order valence-corrected chi connectivity index (χ4v) is 2.69. The molecule has 0 bridgehead atoms. The van der Waals surface area contributed by atoms with Gasteiger partial charge in [-0.3, -0.25) is 5.41 Å². The van der Waals surface area contributed by atoms with E-state index < -0.39 is 0 Å². The lowest BCUT2D eigenvalue weighted by Gasteiger charge is -2.39. The molecule has 0 aliphatic carbocycles. The number of unbranched alkanes of at least 4 members (excludes halogenated alkanes) is 1. The Labute approximate surface area is 118 Å². The fourth-order valence-electron chi connectivity index (χ4n) is 2.69. The van der Waals surface area contributed by atoms with Gasteiger partial charge in [0, 0.05) is 31.1 Å². The predicted octanol–water partition coefficient (Wildman–Crippen LogP) is 2.14. The third kappa shape index (κ3) is 5.11. The van der Waals surface area contributed by atoms with Crippen molar-refractivity contribution < 1.29 is 0 Å². The van der Waals surface area contributed by atoms with Crippen LogP contribution in [0.2, 0.25) is 0 Å². The molecule has 1 atom stereocenters. The maximum Gasteiger partial charge on any atom is 0.0963 e. The van der Waals surface area contributed by atoms with Crippen LogP contribution >= 0.6 is 0 Å². The number of rotatable bonds is 7. The van der Waals surface area contributed by atoms with Crippen molar-refractivity contribution >= 4 is 5.84 Å². The first kappa shape index (κ1) is 16.4. The smallest absolute Gasteiger partial charge is 0.0963 e. The molecule has 1 aliphatic heterocycles. The molecular formula is C15H32N4. The molecule has 0 aromatic rings. The van der Waals surface area contributed by atoms with E-state index >= 15 is 0 Å². The van der Waals surface area contributed by atoms with Crippen molar-refractivity contribution in [2.75, 3.05) is 33.2 Å². The van der Waals surface area contributed by atoms with Gasteiger partial charge in [-0.1, -0.05) is 27.2 Å². The Bertz CT molecular complexity index is 288. The summed E-state index contributed by atoms with van der Waals surface area (Å²) in [7, 11) is 2.24. The molecule has 1 aliphatic rings. The second kappa shape index (κ2) is 7.25. The first-order valence-corrected chi connectivity index (χ1v) is 7.64. The highest BCUT2D eigenvalue weighted by Crippen LogP contribution is 2.23. The third-order valence-corrected chi connectivity index (χ3v) is 4.59. The highest BCUT2D eigenvalue weighted by molar-refractivity contribution is 5.82. The van der Waals surface area contributed by atoms with E-state index in [2.05, 4.69) is 37.6 Å². The van der Waals surface area contributed by atoms with Gasteiger partial charge in [0.15, 0.2) is 0 Å². The Kier molecular flexibility index (Phi) is 6.27. The molecule has 0 saturated carbocycles. The lowest BCUT2D eigenvalue weighted by Crippen LogP contribution is -2.51. The van der Waals surface area contributed by atoms with Crippen LogP contribution in [0.15, 0.2) is 0 Å². The van der Waals surface area contributed by atoms with Crippen LogP contribution < -0.4 is 5.73 Å². The van der Waals surface area contributed by atoms with Gasteiger partial charge in [0.1, 0.15) is 0 Å².